The summed E-state index contributed by atoms with van der Waals surface area (Å²) < 4.78 is 60.8. The number of hydrogen-bond acceptors (Lipinski definition) is 13. The third-order valence-corrected chi connectivity index (χ3v) is 7.67. The van der Waals surface area contributed by atoms with Crippen LogP contribution in [0.15, 0.2) is 0 Å². The Hall–Kier alpha value is 0.0200. The summed E-state index contributed by atoms with van der Waals surface area (Å²) in [5, 5.41) is 19.2. The number of phosphoric ester groups is 2. The van der Waals surface area contributed by atoms with Gasteiger partial charge >= 0.3 is 0 Å². The maximum atomic E-state index is 12.3. The Bertz CT molecular complexity index is 738. The Balaban J connectivity index is 1.50. The zero-order valence-electron chi connectivity index (χ0n) is 18.7. The van der Waals surface area contributed by atoms with E-state index < -0.39 is 78.2 Å². The molecule has 0 bridgehead atoms. The van der Waals surface area contributed by atoms with Gasteiger partial charge in [0.25, 0.3) is 15.6 Å². The molecule has 7 unspecified atom stereocenters. The van der Waals surface area contributed by atoms with E-state index in [9.17, 15) is 29.1 Å². The van der Waals surface area contributed by atoms with Gasteiger partial charge in [-0.3, -0.25) is 9.13 Å². The standard InChI is InChI=1S/C18H34O13P2/c1-10-4-13(20)17(28-10)8-25-32(21,22)31-15-6-12(3)29-18(15)9-26-33(23,24)30-14-5-11(2)27-16(14)7-19/h10-20H,4-9H2,1-3H3,(H,21,22)(H,23,24)/p-2/t10-,11?,12?,13?,14?,15?,16-,17-,18-/m1/s1. The Labute approximate surface area is 192 Å². The van der Waals surface area contributed by atoms with E-state index in [4.69, 9.17) is 32.3 Å². The van der Waals surface area contributed by atoms with E-state index >= 15 is 0 Å². The first-order chi connectivity index (χ1) is 15.4. The monoisotopic (exact) mass is 518 g/mol. The second-order valence-electron chi connectivity index (χ2n) is 8.69. The van der Waals surface area contributed by atoms with Gasteiger partial charge in [0.15, 0.2) is 0 Å². The first-order valence-electron chi connectivity index (χ1n) is 10.9. The van der Waals surface area contributed by atoms with Crippen molar-refractivity contribution in [2.75, 3.05) is 19.8 Å². The molecule has 0 spiro atoms. The van der Waals surface area contributed by atoms with Crippen LogP contribution in [0.4, 0.5) is 0 Å². The fourth-order valence-electron chi connectivity index (χ4n) is 4.18. The van der Waals surface area contributed by atoms with E-state index in [0.717, 1.165) is 0 Å². The average Bonchev–Trinajstić information content (AvgIpc) is 3.33. The predicted molar refractivity (Wildman–Crippen MR) is 107 cm³/mol. The number of ether oxygens (including phenoxy) is 3. The van der Waals surface area contributed by atoms with Crippen LogP contribution in [0.2, 0.25) is 0 Å². The van der Waals surface area contributed by atoms with Crippen molar-refractivity contribution in [2.24, 2.45) is 0 Å². The van der Waals surface area contributed by atoms with Gasteiger partial charge in [-0.05, 0) is 20.8 Å². The minimum atomic E-state index is -4.81. The number of aliphatic hydroxyl groups excluding tert-OH is 2. The van der Waals surface area contributed by atoms with Gasteiger partial charge in [-0.25, -0.2) is 0 Å². The van der Waals surface area contributed by atoms with Crippen LogP contribution in [0.1, 0.15) is 40.0 Å². The lowest BCUT2D eigenvalue weighted by molar-refractivity contribution is -0.237. The molecule has 3 aliphatic heterocycles. The van der Waals surface area contributed by atoms with Crippen molar-refractivity contribution >= 4 is 15.6 Å². The molecule has 0 aliphatic carbocycles. The zero-order valence-corrected chi connectivity index (χ0v) is 20.5. The Morgan fingerprint density at radius 2 is 1.21 bits per heavy atom. The minimum absolute atomic E-state index is 0.161. The van der Waals surface area contributed by atoms with Crippen LogP contribution < -0.4 is 9.79 Å². The predicted octanol–water partition coefficient (Wildman–Crippen LogP) is -0.388. The lowest BCUT2D eigenvalue weighted by Gasteiger charge is -2.31. The Morgan fingerprint density at radius 1 is 0.788 bits per heavy atom. The van der Waals surface area contributed by atoms with Gasteiger partial charge in [0.2, 0.25) is 0 Å². The van der Waals surface area contributed by atoms with Gasteiger partial charge in [0.05, 0.1) is 56.4 Å². The largest absolute Gasteiger partial charge is 0.756 e. The van der Waals surface area contributed by atoms with Crippen molar-refractivity contribution in [2.45, 2.75) is 95.0 Å². The average molecular weight is 518 g/mol. The molecule has 11 atom stereocenters. The van der Waals surface area contributed by atoms with E-state index in [2.05, 4.69) is 0 Å². The number of phosphoric acid groups is 2. The van der Waals surface area contributed by atoms with Gasteiger partial charge in [-0.1, -0.05) is 0 Å². The van der Waals surface area contributed by atoms with Crippen molar-refractivity contribution in [3.05, 3.63) is 0 Å². The van der Waals surface area contributed by atoms with Crippen LogP contribution in [0.25, 0.3) is 0 Å². The minimum Gasteiger partial charge on any atom is -0.756 e. The van der Waals surface area contributed by atoms with Crippen LogP contribution in [0.5, 0.6) is 0 Å². The highest BCUT2D eigenvalue weighted by molar-refractivity contribution is 7.46. The molecule has 15 heteroatoms. The van der Waals surface area contributed by atoms with Gasteiger partial charge in [-0.2, -0.15) is 0 Å². The Morgan fingerprint density at radius 3 is 1.70 bits per heavy atom. The van der Waals surface area contributed by atoms with E-state index in [1.165, 1.54) is 0 Å². The topological polar surface area (TPSA) is 185 Å². The summed E-state index contributed by atoms with van der Waals surface area (Å²) in [6, 6.07) is 0. The van der Waals surface area contributed by atoms with Crippen LogP contribution >= 0.6 is 15.6 Å². The van der Waals surface area contributed by atoms with E-state index in [-0.39, 0.29) is 25.0 Å². The van der Waals surface area contributed by atoms with Crippen molar-refractivity contribution in [3.8, 4) is 0 Å². The van der Waals surface area contributed by atoms with Crippen molar-refractivity contribution in [1.29, 1.82) is 0 Å². The molecule has 0 amide bonds. The molecular weight excluding hydrogens is 486 g/mol. The molecule has 3 aliphatic rings. The molecule has 3 rings (SSSR count). The summed E-state index contributed by atoms with van der Waals surface area (Å²) in [5.41, 5.74) is 0. The van der Waals surface area contributed by atoms with Crippen molar-refractivity contribution < 1.29 is 61.4 Å². The molecule has 3 saturated heterocycles. The fourth-order valence-corrected chi connectivity index (χ4v) is 6.07. The molecular formula is C18H32O13P2-2. The highest BCUT2D eigenvalue weighted by Crippen LogP contribution is 2.47. The summed E-state index contributed by atoms with van der Waals surface area (Å²) >= 11 is 0. The molecule has 0 aromatic heterocycles. The molecule has 0 saturated carbocycles. The van der Waals surface area contributed by atoms with Crippen LogP contribution in [-0.4, -0.2) is 85.0 Å². The quantitative estimate of drug-likeness (QED) is 0.337. The molecule has 0 aromatic rings. The third kappa shape index (κ3) is 8.01. The number of hydrogen-bond donors (Lipinski definition) is 2. The van der Waals surface area contributed by atoms with Gasteiger partial charge in [0.1, 0.15) is 18.3 Å². The fraction of sp³-hybridized carbons (Fsp3) is 1.00. The molecule has 3 fully saturated rings. The van der Waals surface area contributed by atoms with Crippen LogP contribution in [0.3, 0.4) is 0 Å². The number of aliphatic hydroxyl groups is 2. The number of rotatable bonds is 11. The Kier molecular flexibility index (Phi) is 9.52. The van der Waals surface area contributed by atoms with E-state index in [0.29, 0.717) is 6.42 Å². The first kappa shape index (κ1) is 27.6. The molecule has 13 nitrogen and oxygen atoms in total. The van der Waals surface area contributed by atoms with Crippen molar-refractivity contribution in [3.63, 3.8) is 0 Å². The lowest BCUT2D eigenvalue weighted by Crippen LogP contribution is -2.33. The zero-order chi connectivity index (χ0) is 24.4. The lowest BCUT2D eigenvalue weighted by atomic mass is 10.1. The second-order valence-corrected chi connectivity index (χ2v) is 11.4. The summed E-state index contributed by atoms with van der Waals surface area (Å²) in [5.74, 6) is 0. The molecule has 2 N–H and O–H groups in total. The van der Waals surface area contributed by atoms with Crippen molar-refractivity contribution in [1.82, 2.24) is 0 Å². The molecule has 194 valence electrons. The van der Waals surface area contributed by atoms with Gasteiger partial charge in [0, 0.05) is 19.3 Å². The summed E-state index contributed by atoms with van der Waals surface area (Å²) in [6.07, 6.45) is -5.52. The highest BCUT2D eigenvalue weighted by atomic mass is 31.2. The third-order valence-electron chi connectivity index (χ3n) is 5.68. The van der Waals surface area contributed by atoms with E-state index in [1.54, 1.807) is 20.8 Å². The normalized spacial score (nSPS) is 42.9. The van der Waals surface area contributed by atoms with Crippen LogP contribution in [-0.2, 0) is 41.4 Å². The maximum absolute atomic E-state index is 12.3. The molecule has 3 heterocycles. The van der Waals surface area contributed by atoms with Gasteiger partial charge in [-0.15, -0.1) is 0 Å². The highest BCUT2D eigenvalue weighted by Gasteiger charge is 2.40. The maximum Gasteiger partial charge on any atom is 0.268 e. The summed E-state index contributed by atoms with van der Waals surface area (Å²) in [7, 11) is -9.62. The first-order valence-corrected chi connectivity index (χ1v) is 13.8. The van der Waals surface area contributed by atoms with Crippen LogP contribution in [0, 0.1) is 0 Å². The second kappa shape index (κ2) is 11.4. The molecule has 33 heavy (non-hydrogen) atoms. The van der Waals surface area contributed by atoms with E-state index in [1.807, 2.05) is 0 Å². The molecule has 0 radical (unpaired) electrons. The smallest absolute Gasteiger partial charge is 0.268 e. The SMILES string of the molecule is CC1CC(OP(=O)([O-])OC[C@H]2OC(C)CC2OP(=O)([O-])OC[C@H]2O[C@H](C)CC2O)[C@@H](CO)O1. The summed E-state index contributed by atoms with van der Waals surface area (Å²) in [4.78, 5) is 24.5. The summed E-state index contributed by atoms with van der Waals surface area (Å²) in [6.45, 7) is 3.80. The van der Waals surface area contributed by atoms with Gasteiger partial charge < -0.3 is 52.3 Å². The molecule has 0 aromatic carbocycles.